The van der Waals surface area contributed by atoms with E-state index in [1.54, 1.807) is 11.7 Å². The van der Waals surface area contributed by atoms with Crippen molar-refractivity contribution in [3.8, 4) is 5.75 Å². The molecule has 1 aromatic carbocycles. The maximum Gasteiger partial charge on any atom is 0.286 e. The predicted molar refractivity (Wildman–Crippen MR) is 74.7 cm³/mol. The van der Waals surface area contributed by atoms with Gasteiger partial charge >= 0.3 is 0 Å². The highest BCUT2D eigenvalue weighted by molar-refractivity contribution is 5.73. The lowest BCUT2D eigenvalue weighted by atomic mass is 10.2. The van der Waals surface area contributed by atoms with Crippen molar-refractivity contribution in [1.29, 1.82) is 0 Å². The summed E-state index contributed by atoms with van der Waals surface area (Å²) in [5.74, 6) is 1.10. The smallest absolute Gasteiger partial charge is 0.286 e. The summed E-state index contributed by atoms with van der Waals surface area (Å²) in [6.07, 6.45) is 3.28. The molecule has 0 saturated heterocycles. The van der Waals surface area contributed by atoms with E-state index >= 15 is 0 Å². The Bertz CT molecular complexity index is 866. The maximum atomic E-state index is 11.9. The molecule has 2 heterocycles. The monoisotopic (exact) mass is 284 g/mol. The predicted octanol–water partition coefficient (Wildman–Crippen LogP) is 0.760. The first-order chi connectivity index (χ1) is 10.2. The number of aldehydes is 1. The van der Waals surface area contributed by atoms with Gasteiger partial charge in [-0.15, -0.1) is 0 Å². The van der Waals surface area contributed by atoms with Crippen LogP contribution in [0.2, 0.25) is 0 Å². The summed E-state index contributed by atoms with van der Waals surface area (Å²) in [5, 5.41) is 3.85. The number of hydrogen-bond donors (Lipinski definition) is 0. The van der Waals surface area contributed by atoms with Crippen LogP contribution in [0.25, 0.3) is 5.78 Å². The zero-order valence-electron chi connectivity index (χ0n) is 11.3. The Morgan fingerprint density at radius 3 is 2.90 bits per heavy atom. The van der Waals surface area contributed by atoms with E-state index in [4.69, 9.17) is 4.74 Å². The summed E-state index contributed by atoms with van der Waals surface area (Å²) in [6.45, 7) is 0.410. The van der Waals surface area contributed by atoms with Gasteiger partial charge in [0.15, 0.2) is 6.29 Å². The molecular weight excluding hydrogens is 272 g/mol. The van der Waals surface area contributed by atoms with E-state index in [0.29, 0.717) is 18.6 Å². The Kier molecular flexibility index (Phi) is 3.23. The van der Waals surface area contributed by atoms with Crippen LogP contribution in [0.5, 0.6) is 5.75 Å². The minimum absolute atomic E-state index is 0.0305. The zero-order chi connectivity index (χ0) is 14.8. The third kappa shape index (κ3) is 2.18. The lowest BCUT2D eigenvalue weighted by Gasteiger charge is -2.11. The van der Waals surface area contributed by atoms with Gasteiger partial charge < -0.3 is 9.30 Å². The minimum atomic E-state index is -0.478. The van der Waals surface area contributed by atoms with E-state index in [2.05, 4.69) is 10.1 Å². The van der Waals surface area contributed by atoms with Crippen molar-refractivity contribution >= 4 is 12.1 Å². The fourth-order valence-electron chi connectivity index (χ4n) is 2.19. The second-order valence-corrected chi connectivity index (χ2v) is 4.42. The molecule has 0 aliphatic rings. The van der Waals surface area contributed by atoms with E-state index in [1.807, 2.05) is 24.3 Å². The van der Waals surface area contributed by atoms with Crippen molar-refractivity contribution < 1.29 is 9.53 Å². The molecule has 0 radical (unpaired) electrons. The van der Waals surface area contributed by atoms with E-state index in [-0.39, 0.29) is 5.56 Å². The van der Waals surface area contributed by atoms with Crippen LogP contribution >= 0.6 is 0 Å². The molecule has 3 rings (SSSR count). The van der Waals surface area contributed by atoms with Gasteiger partial charge in [-0.05, 0) is 6.07 Å². The summed E-state index contributed by atoms with van der Waals surface area (Å²) in [6, 6.07) is 7.52. The van der Waals surface area contributed by atoms with Crippen molar-refractivity contribution in [2.45, 2.75) is 6.54 Å². The topological polar surface area (TPSA) is 78.5 Å². The van der Waals surface area contributed by atoms with Crippen LogP contribution in [-0.4, -0.2) is 32.6 Å². The van der Waals surface area contributed by atoms with Crippen molar-refractivity contribution in [3.63, 3.8) is 0 Å². The number of rotatable bonds is 4. The van der Waals surface area contributed by atoms with Gasteiger partial charge in [0.05, 0.1) is 19.2 Å². The molecular formula is C14H12N4O3. The Hall–Kier alpha value is -2.96. The van der Waals surface area contributed by atoms with Crippen LogP contribution in [0, 0.1) is 0 Å². The SMILES string of the molecule is COc1ccccc1Cn1cc(C=O)c(=O)n2ncnc12. The normalized spacial score (nSPS) is 10.7. The van der Waals surface area contributed by atoms with Crippen molar-refractivity contribution in [1.82, 2.24) is 19.2 Å². The molecule has 0 amide bonds. The summed E-state index contributed by atoms with van der Waals surface area (Å²) in [7, 11) is 1.59. The Labute approximate surface area is 119 Å². The number of aromatic nitrogens is 4. The first kappa shape index (κ1) is 13.0. The largest absolute Gasteiger partial charge is 0.496 e. The van der Waals surface area contributed by atoms with Gasteiger partial charge in [-0.25, -0.2) is 0 Å². The van der Waals surface area contributed by atoms with Gasteiger partial charge in [0, 0.05) is 11.8 Å². The molecule has 3 aromatic rings. The van der Waals surface area contributed by atoms with Crippen LogP contribution in [0.4, 0.5) is 0 Å². The van der Waals surface area contributed by atoms with Crippen LogP contribution in [-0.2, 0) is 6.54 Å². The third-order valence-electron chi connectivity index (χ3n) is 3.18. The number of carbonyl (C=O) groups excluding carboxylic acids is 1. The average Bonchev–Trinajstić information content (AvgIpc) is 3.01. The fraction of sp³-hybridized carbons (Fsp3) is 0.143. The van der Waals surface area contributed by atoms with E-state index in [1.165, 1.54) is 12.5 Å². The maximum absolute atomic E-state index is 11.9. The van der Waals surface area contributed by atoms with Gasteiger partial charge in [0.2, 0.25) is 5.78 Å². The molecule has 21 heavy (non-hydrogen) atoms. The molecule has 7 nitrogen and oxygen atoms in total. The summed E-state index contributed by atoms with van der Waals surface area (Å²) in [4.78, 5) is 27.0. The molecule has 0 fully saturated rings. The Balaban J connectivity index is 2.16. The van der Waals surface area contributed by atoms with E-state index in [0.717, 1.165) is 15.8 Å². The molecule has 0 aliphatic heterocycles. The summed E-state index contributed by atoms with van der Waals surface area (Å²) < 4.78 is 8.10. The minimum Gasteiger partial charge on any atom is -0.496 e. The van der Waals surface area contributed by atoms with Crippen molar-refractivity contribution in [3.05, 3.63) is 58.3 Å². The second kappa shape index (κ2) is 5.20. The van der Waals surface area contributed by atoms with Crippen LogP contribution < -0.4 is 10.3 Å². The van der Waals surface area contributed by atoms with E-state index in [9.17, 15) is 9.59 Å². The Morgan fingerprint density at radius 1 is 1.33 bits per heavy atom. The fourth-order valence-corrected chi connectivity index (χ4v) is 2.19. The molecule has 0 unspecified atom stereocenters. The van der Waals surface area contributed by atoms with E-state index < -0.39 is 5.56 Å². The first-order valence-electron chi connectivity index (χ1n) is 6.25. The number of carbonyl (C=O) groups is 1. The summed E-state index contributed by atoms with van der Waals surface area (Å²) >= 11 is 0. The lowest BCUT2D eigenvalue weighted by molar-refractivity contribution is 0.112. The average molecular weight is 284 g/mol. The number of methoxy groups -OCH3 is 1. The molecule has 0 N–H and O–H groups in total. The highest BCUT2D eigenvalue weighted by atomic mass is 16.5. The molecule has 0 bridgehead atoms. The number of benzene rings is 1. The molecule has 2 aromatic heterocycles. The lowest BCUT2D eigenvalue weighted by Crippen LogP contribution is -2.23. The summed E-state index contributed by atoms with van der Waals surface area (Å²) in [5.41, 5.74) is 0.460. The highest BCUT2D eigenvalue weighted by Crippen LogP contribution is 2.18. The molecule has 0 aliphatic carbocycles. The number of fused-ring (bicyclic) bond motifs is 1. The van der Waals surface area contributed by atoms with Gasteiger partial charge in [0.25, 0.3) is 5.56 Å². The number of nitrogens with zero attached hydrogens (tertiary/aromatic N) is 4. The number of hydrogen-bond acceptors (Lipinski definition) is 5. The van der Waals surface area contributed by atoms with Crippen LogP contribution in [0.15, 0.2) is 41.6 Å². The molecule has 0 atom stereocenters. The zero-order valence-corrected chi connectivity index (χ0v) is 11.3. The van der Waals surface area contributed by atoms with Crippen LogP contribution in [0.3, 0.4) is 0 Å². The highest BCUT2D eigenvalue weighted by Gasteiger charge is 2.11. The molecule has 7 heteroatoms. The third-order valence-corrected chi connectivity index (χ3v) is 3.18. The Morgan fingerprint density at radius 2 is 2.14 bits per heavy atom. The van der Waals surface area contributed by atoms with Gasteiger partial charge in [-0.1, -0.05) is 18.2 Å². The molecule has 0 spiro atoms. The quantitative estimate of drug-likeness (QED) is 0.661. The van der Waals surface area contributed by atoms with Crippen molar-refractivity contribution in [2.75, 3.05) is 7.11 Å². The van der Waals surface area contributed by atoms with Gasteiger partial charge in [0.1, 0.15) is 12.1 Å². The number of para-hydroxylation sites is 1. The van der Waals surface area contributed by atoms with Crippen molar-refractivity contribution in [2.24, 2.45) is 0 Å². The van der Waals surface area contributed by atoms with Gasteiger partial charge in [-0.3, -0.25) is 9.59 Å². The van der Waals surface area contributed by atoms with Crippen LogP contribution in [0.1, 0.15) is 15.9 Å². The van der Waals surface area contributed by atoms with Gasteiger partial charge in [-0.2, -0.15) is 14.6 Å². The molecule has 0 saturated carbocycles. The number of ether oxygens (including phenoxy) is 1. The molecule has 106 valence electrons. The standard InChI is InChI=1S/C14H12N4O3/c1-21-12-5-3-2-4-10(12)6-17-7-11(8-19)13(20)18-14(17)15-9-16-18/h2-5,7-9H,6H2,1H3. The second-order valence-electron chi connectivity index (χ2n) is 4.42. The first-order valence-corrected chi connectivity index (χ1v) is 6.25.